The van der Waals surface area contributed by atoms with E-state index in [2.05, 4.69) is 149 Å². The summed E-state index contributed by atoms with van der Waals surface area (Å²) in [5, 5.41) is 18.5. The third-order valence-electron chi connectivity index (χ3n) is 10.3. The molecule has 0 bridgehead atoms. The summed E-state index contributed by atoms with van der Waals surface area (Å²) in [4.78, 5) is 17.7. The topological polar surface area (TPSA) is 106 Å². The first kappa shape index (κ1) is 37.0. The number of amides is 2. The summed E-state index contributed by atoms with van der Waals surface area (Å²) in [5.41, 5.74) is 11.6. The molecule has 0 unspecified atom stereocenters. The molecule has 8 aromatic rings. The average molecular weight is 752 g/mol. The molecule has 0 fully saturated rings. The molecule has 0 saturated heterocycles. The molecule has 0 radical (unpaired) electrons. The molecule has 2 N–H and O–H groups in total. The number of nitrogens with zero attached hydrogens (tertiary/aromatic N) is 7. The Morgan fingerprint density at radius 2 is 1.30 bits per heavy atom. The number of carbonyl (C=O) groups excluding carboxylic acids is 1. The summed E-state index contributed by atoms with van der Waals surface area (Å²) >= 11 is 0. The molecule has 10 nitrogen and oxygen atoms in total. The van der Waals surface area contributed by atoms with E-state index in [-0.39, 0.29) is 6.03 Å². The van der Waals surface area contributed by atoms with Crippen molar-refractivity contribution in [3.8, 4) is 22.5 Å². The predicted octanol–water partition coefficient (Wildman–Crippen LogP) is 9.19. The quantitative estimate of drug-likeness (QED) is 0.0900. The molecule has 57 heavy (non-hydrogen) atoms. The molecule has 0 saturated carbocycles. The van der Waals surface area contributed by atoms with Crippen LogP contribution in [0.15, 0.2) is 158 Å². The summed E-state index contributed by atoms with van der Waals surface area (Å²) in [6.07, 6.45) is 2.91. The maximum absolute atomic E-state index is 12.6. The zero-order valence-electron chi connectivity index (χ0n) is 32.4. The fraction of sp³-hybridized carbons (Fsp3) is 0.170. The second-order valence-corrected chi connectivity index (χ2v) is 14.3. The van der Waals surface area contributed by atoms with Crippen LogP contribution in [0, 0.1) is 0 Å². The van der Waals surface area contributed by atoms with Crippen LogP contribution < -0.4 is 10.7 Å². The number of aromatic nitrogens is 6. The Hall–Kier alpha value is -6.91. The Kier molecular flexibility index (Phi) is 10.7. The van der Waals surface area contributed by atoms with E-state index < -0.39 is 5.54 Å². The number of aryl methyl sites for hydroxylation is 1. The first-order valence-corrected chi connectivity index (χ1v) is 19.3. The van der Waals surface area contributed by atoms with Gasteiger partial charge in [0.15, 0.2) is 5.82 Å². The van der Waals surface area contributed by atoms with E-state index in [1.807, 2.05) is 41.1 Å². The summed E-state index contributed by atoms with van der Waals surface area (Å²) in [6.45, 7) is 2.82. The first-order chi connectivity index (χ1) is 28.0. The van der Waals surface area contributed by atoms with Crippen molar-refractivity contribution >= 4 is 22.8 Å². The van der Waals surface area contributed by atoms with E-state index in [9.17, 15) is 4.79 Å². The van der Waals surface area contributed by atoms with Gasteiger partial charge in [0.25, 0.3) is 0 Å². The highest BCUT2D eigenvalue weighted by Gasteiger charge is 2.42. The van der Waals surface area contributed by atoms with Crippen molar-refractivity contribution in [1.82, 2.24) is 40.2 Å². The summed E-state index contributed by atoms with van der Waals surface area (Å²) < 4.78 is 4.25. The van der Waals surface area contributed by atoms with Crippen molar-refractivity contribution < 1.29 is 4.79 Å². The van der Waals surface area contributed by atoms with Gasteiger partial charge in [0.1, 0.15) is 16.9 Å². The molecule has 0 spiro atoms. The fourth-order valence-electron chi connectivity index (χ4n) is 7.74. The SMILES string of the molecule is CCCCc1nc2c(NC(=O)NN(C)C)cccc2n1Cc1ccc(-c2ccccc2-c2nnnn2C(c2ccccc2)(c2ccccc2)c2ccccc2)cc1. The lowest BCUT2D eigenvalue weighted by atomic mass is 9.77. The molecule has 8 rings (SSSR count). The Morgan fingerprint density at radius 1 is 0.702 bits per heavy atom. The van der Waals surface area contributed by atoms with E-state index in [1.54, 1.807) is 19.1 Å². The molecule has 2 amide bonds. The number of para-hydroxylation sites is 1. The maximum atomic E-state index is 12.6. The van der Waals surface area contributed by atoms with E-state index in [0.29, 0.717) is 18.1 Å². The van der Waals surface area contributed by atoms with Gasteiger partial charge < -0.3 is 9.88 Å². The van der Waals surface area contributed by atoms with Crippen molar-refractivity contribution in [1.29, 1.82) is 0 Å². The highest BCUT2D eigenvalue weighted by atomic mass is 16.2. The van der Waals surface area contributed by atoms with Gasteiger partial charge in [-0.15, -0.1) is 5.10 Å². The number of fused-ring (bicyclic) bond motifs is 1. The van der Waals surface area contributed by atoms with Gasteiger partial charge in [-0.1, -0.05) is 159 Å². The van der Waals surface area contributed by atoms with Gasteiger partial charge >= 0.3 is 6.03 Å². The van der Waals surface area contributed by atoms with Crippen molar-refractivity contribution in [2.45, 2.75) is 38.3 Å². The van der Waals surface area contributed by atoms with Crippen molar-refractivity contribution in [3.63, 3.8) is 0 Å². The first-order valence-electron chi connectivity index (χ1n) is 19.3. The normalized spacial score (nSPS) is 11.6. The van der Waals surface area contributed by atoms with Gasteiger partial charge in [-0.05, 0) is 62.4 Å². The number of urea groups is 1. The van der Waals surface area contributed by atoms with Crippen LogP contribution >= 0.6 is 0 Å². The van der Waals surface area contributed by atoms with E-state index in [0.717, 1.165) is 75.1 Å². The number of hydrazine groups is 1. The molecule has 0 aliphatic heterocycles. The molecule has 0 aliphatic carbocycles. The van der Waals surface area contributed by atoms with Crippen molar-refractivity contribution in [2.24, 2.45) is 0 Å². The molecule has 2 aromatic heterocycles. The van der Waals surface area contributed by atoms with Crippen molar-refractivity contribution in [2.75, 3.05) is 19.4 Å². The highest BCUT2D eigenvalue weighted by molar-refractivity contribution is 5.99. The van der Waals surface area contributed by atoms with Crippen LogP contribution in [0.3, 0.4) is 0 Å². The number of hydrogen-bond acceptors (Lipinski definition) is 6. The summed E-state index contributed by atoms with van der Waals surface area (Å²) in [7, 11) is 3.55. The number of anilines is 1. The zero-order chi connectivity index (χ0) is 39.2. The van der Waals surface area contributed by atoms with Gasteiger partial charge in [0, 0.05) is 32.6 Å². The summed E-state index contributed by atoms with van der Waals surface area (Å²) in [5.74, 6) is 1.65. The van der Waals surface area contributed by atoms with E-state index >= 15 is 0 Å². The second-order valence-electron chi connectivity index (χ2n) is 14.3. The Morgan fingerprint density at radius 3 is 1.89 bits per heavy atom. The molecule has 284 valence electrons. The molecular formula is C47H45N9O. The molecule has 6 aromatic carbocycles. The number of imidazole rings is 1. The van der Waals surface area contributed by atoms with E-state index in [4.69, 9.17) is 15.3 Å². The number of tetrazole rings is 1. The largest absolute Gasteiger partial charge is 0.333 e. The zero-order valence-corrected chi connectivity index (χ0v) is 32.4. The molecular weight excluding hydrogens is 707 g/mol. The lowest BCUT2D eigenvalue weighted by molar-refractivity contribution is 0.224. The summed E-state index contributed by atoms with van der Waals surface area (Å²) in [6, 6.07) is 54.0. The minimum Gasteiger partial charge on any atom is -0.323 e. The number of hydrogen-bond donors (Lipinski definition) is 2. The minimum atomic E-state index is -0.867. The average Bonchev–Trinajstić information content (AvgIpc) is 3.87. The van der Waals surface area contributed by atoms with Gasteiger partial charge in [0.2, 0.25) is 0 Å². The lowest BCUT2D eigenvalue weighted by Crippen LogP contribution is -2.39. The minimum absolute atomic E-state index is 0.312. The lowest BCUT2D eigenvalue weighted by Gasteiger charge is -2.36. The number of unbranched alkanes of at least 4 members (excludes halogenated alkanes) is 1. The van der Waals surface area contributed by atoms with Gasteiger partial charge in [0.05, 0.1) is 11.2 Å². The molecule has 2 heterocycles. The Bertz CT molecular complexity index is 2490. The number of rotatable bonds is 13. The highest BCUT2D eigenvalue weighted by Crippen LogP contribution is 2.43. The van der Waals surface area contributed by atoms with Crippen LogP contribution in [-0.4, -0.2) is 54.9 Å². The van der Waals surface area contributed by atoms with Crippen molar-refractivity contribution in [3.05, 3.63) is 186 Å². The van der Waals surface area contributed by atoms with Crippen LogP contribution in [0.5, 0.6) is 0 Å². The molecule has 10 heteroatoms. The fourth-order valence-corrected chi connectivity index (χ4v) is 7.74. The van der Waals surface area contributed by atoms with Crippen LogP contribution in [0.2, 0.25) is 0 Å². The third-order valence-corrected chi connectivity index (χ3v) is 10.3. The van der Waals surface area contributed by atoms with Gasteiger partial charge in [-0.3, -0.25) is 5.43 Å². The smallest absolute Gasteiger partial charge is 0.323 e. The van der Waals surface area contributed by atoms with E-state index in [1.165, 1.54) is 0 Å². The number of benzene rings is 6. The Balaban J connectivity index is 1.18. The molecule has 0 aliphatic rings. The Labute approximate surface area is 332 Å². The monoisotopic (exact) mass is 751 g/mol. The van der Waals surface area contributed by atoms with Gasteiger partial charge in [-0.25, -0.2) is 19.5 Å². The predicted molar refractivity (Wildman–Crippen MR) is 227 cm³/mol. The standard InChI is InChI=1S/C47H45N9O/c1-4-5-28-43-49-44-41(48-46(57)51-54(2)3)26-17-27-42(44)55(43)33-34-29-31-35(32-30-34)39-24-15-16-25-40(39)45-50-52-53-56(45)47(36-18-9-6-10-19-36,37-20-11-7-12-21-37)38-22-13-8-14-23-38/h6-27,29-32H,4-5,28,33H2,1-3H3,(H2,48,51,57). The molecule has 0 atom stereocenters. The van der Waals surface area contributed by atoms with Crippen LogP contribution in [0.25, 0.3) is 33.5 Å². The second kappa shape index (κ2) is 16.4. The number of carbonyl (C=O) groups is 1. The van der Waals surface area contributed by atoms with Crippen LogP contribution in [-0.2, 0) is 18.5 Å². The van der Waals surface area contributed by atoms with Crippen LogP contribution in [0.1, 0.15) is 47.8 Å². The van der Waals surface area contributed by atoms with Gasteiger partial charge in [-0.2, -0.15) is 0 Å². The van der Waals surface area contributed by atoms with Crippen LogP contribution in [0.4, 0.5) is 10.5 Å². The maximum Gasteiger partial charge on any atom is 0.333 e. The number of nitrogens with one attached hydrogen (secondary N) is 2. The third kappa shape index (κ3) is 7.30.